The van der Waals surface area contributed by atoms with Gasteiger partial charge in [0, 0.05) is 13.1 Å². The molecule has 0 spiro atoms. The molecule has 0 bridgehead atoms. The molecule has 92 valence electrons. The molecule has 2 N–H and O–H groups in total. The Morgan fingerprint density at radius 3 is 2.25 bits per heavy atom. The van der Waals surface area contributed by atoms with Gasteiger partial charge in [-0.2, -0.15) is 0 Å². The second-order valence-corrected chi connectivity index (χ2v) is 5.13. The van der Waals surface area contributed by atoms with Crippen LogP contribution in [0.5, 0.6) is 0 Å². The maximum atomic E-state index is 11.7. The molecule has 1 rings (SSSR count). The minimum Gasteiger partial charge on any atom is -0.443 e. The first-order valence-corrected chi connectivity index (χ1v) is 5.51. The average molecular weight is 228 g/mol. The van der Waals surface area contributed by atoms with E-state index in [2.05, 4.69) is 0 Å². The topological polar surface area (TPSA) is 72.6 Å². The quantitative estimate of drug-likeness (QED) is 0.782. The molecule has 5 nitrogen and oxygen atoms in total. The number of carbonyl (C=O) groups is 2. The molecule has 16 heavy (non-hydrogen) atoms. The van der Waals surface area contributed by atoms with E-state index in [9.17, 15) is 9.59 Å². The molecule has 2 amide bonds. The number of ether oxygens (including phenoxy) is 1. The molecule has 0 aromatic heterocycles. The lowest BCUT2D eigenvalue weighted by Crippen LogP contribution is -2.56. The number of primary amides is 1. The van der Waals surface area contributed by atoms with Crippen molar-refractivity contribution in [2.45, 2.75) is 33.3 Å². The third-order valence-corrected chi connectivity index (χ3v) is 3.28. The molecule has 1 saturated heterocycles. The van der Waals surface area contributed by atoms with E-state index in [0.29, 0.717) is 13.1 Å². The first-order valence-electron chi connectivity index (χ1n) is 5.51. The highest BCUT2D eigenvalue weighted by Gasteiger charge is 2.38. The Balaban J connectivity index is 2.42. The summed E-state index contributed by atoms with van der Waals surface area (Å²) in [5.41, 5.74) is 4.63. The van der Waals surface area contributed by atoms with Gasteiger partial charge in [0.1, 0.15) is 5.60 Å². The lowest BCUT2D eigenvalue weighted by atomic mass is 9.94. The van der Waals surface area contributed by atoms with Crippen molar-refractivity contribution in [1.82, 2.24) is 4.90 Å². The number of nitrogens with two attached hydrogens (primary N) is 1. The molecule has 0 radical (unpaired) electrons. The van der Waals surface area contributed by atoms with Crippen LogP contribution >= 0.6 is 0 Å². The van der Waals surface area contributed by atoms with Gasteiger partial charge < -0.3 is 15.4 Å². The molecule has 0 aliphatic carbocycles. The fourth-order valence-electron chi connectivity index (χ4n) is 1.22. The maximum absolute atomic E-state index is 11.7. The third kappa shape index (κ3) is 2.65. The fraction of sp³-hybridized carbons (Fsp3) is 0.818. The largest absolute Gasteiger partial charge is 0.443 e. The Hall–Kier alpha value is -1.26. The minimum atomic E-state index is -0.491. The zero-order valence-electron chi connectivity index (χ0n) is 10.3. The smallest absolute Gasteiger partial charge is 0.410 e. The summed E-state index contributed by atoms with van der Waals surface area (Å²) < 4.78 is 5.37. The van der Waals surface area contributed by atoms with Gasteiger partial charge in [-0.1, -0.05) is 13.8 Å². The second-order valence-electron chi connectivity index (χ2n) is 5.13. The molecule has 0 aromatic carbocycles. The van der Waals surface area contributed by atoms with Crippen LogP contribution in [0.3, 0.4) is 0 Å². The van der Waals surface area contributed by atoms with Crippen molar-refractivity contribution in [3.63, 3.8) is 0 Å². The summed E-state index contributed by atoms with van der Waals surface area (Å²) in [5, 5.41) is 0. The van der Waals surface area contributed by atoms with E-state index in [4.69, 9.17) is 10.5 Å². The van der Waals surface area contributed by atoms with Gasteiger partial charge in [0.2, 0.25) is 5.91 Å². The van der Waals surface area contributed by atoms with Gasteiger partial charge in [0.05, 0.1) is 5.92 Å². The number of hydrogen-bond acceptors (Lipinski definition) is 3. The van der Waals surface area contributed by atoms with Crippen LogP contribution in [0.1, 0.15) is 27.7 Å². The van der Waals surface area contributed by atoms with Crippen LogP contribution in [-0.4, -0.2) is 35.6 Å². The van der Waals surface area contributed by atoms with Crippen LogP contribution in [0, 0.1) is 11.8 Å². The van der Waals surface area contributed by atoms with Gasteiger partial charge in [-0.15, -0.1) is 0 Å². The highest BCUT2D eigenvalue weighted by Crippen LogP contribution is 2.24. The Morgan fingerprint density at radius 1 is 1.38 bits per heavy atom. The second kappa shape index (κ2) is 4.31. The molecular weight excluding hydrogens is 208 g/mol. The zero-order chi connectivity index (χ0) is 12.5. The number of likely N-dealkylation sites (tertiary alicyclic amines) is 1. The number of amides is 2. The lowest BCUT2D eigenvalue weighted by Gasteiger charge is -2.39. The van der Waals surface area contributed by atoms with Crippen molar-refractivity contribution in [3.05, 3.63) is 0 Å². The van der Waals surface area contributed by atoms with E-state index in [0.717, 1.165) is 0 Å². The van der Waals surface area contributed by atoms with E-state index in [1.165, 1.54) is 4.90 Å². The molecule has 1 aliphatic rings. The molecule has 5 heteroatoms. The normalized spacial score (nSPS) is 17.2. The predicted molar refractivity (Wildman–Crippen MR) is 59.7 cm³/mol. The highest BCUT2D eigenvalue weighted by atomic mass is 16.6. The first kappa shape index (κ1) is 12.8. The maximum Gasteiger partial charge on any atom is 0.410 e. The summed E-state index contributed by atoms with van der Waals surface area (Å²) in [6, 6.07) is 0. The average Bonchev–Trinajstić information content (AvgIpc) is 1.97. The number of carbonyl (C=O) groups excluding carboxylic acids is 2. The van der Waals surface area contributed by atoms with E-state index in [1.54, 1.807) is 0 Å². The number of hydrogen-bond donors (Lipinski definition) is 1. The molecule has 0 saturated carbocycles. The predicted octanol–water partition coefficient (Wildman–Crippen LogP) is 0.975. The SMILES string of the molecule is CC(C)C(C)(C)OC(=O)N1CC(C(N)=O)C1. The standard InChI is InChI=1S/C11H20N2O3/c1-7(2)11(3,4)16-10(15)13-5-8(6-13)9(12)14/h7-8H,5-6H2,1-4H3,(H2,12,14). The number of nitrogens with zero attached hydrogens (tertiary/aromatic N) is 1. The van der Waals surface area contributed by atoms with Gasteiger partial charge in [-0.25, -0.2) is 4.79 Å². The van der Waals surface area contributed by atoms with E-state index < -0.39 is 5.60 Å². The fourth-order valence-corrected chi connectivity index (χ4v) is 1.22. The number of rotatable bonds is 3. The first-order chi connectivity index (χ1) is 7.24. The van der Waals surface area contributed by atoms with E-state index >= 15 is 0 Å². The minimum absolute atomic E-state index is 0.213. The summed E-state index contributed by atoms with van der Waals surface area (Å²) in [4.78, 5) is 24.0. The Labute approximate surface area is 95.9 Å². The summed E-state index contributed by atoms with van der Waals surface area (Å²) in [6.07, 6.45) is -0.365. The molecule has 1 aliphatic heterocycles. The summed E-state index contributed by atoms with van der Waals surface area (Å²) in [5.74, 6) is -0.327. The molecule has 0 aromatic rings. The van der Waals surface area contributed by atoms with Gasteiger partial charge in [0.15, 0.2) is 0 Å². The van der Waals surface area contributed by atoms with Crippen LogP contribution < -0.4 is 5.73 Å². The summed E-state index contributed by atoms with van der Waals surface area (Å²) in [7, 11) is 0. The van der Waals surface area contributed by atoms with Gasteiger partial charge >= 0.3 is 6.09 Å². The van der Waals surface area contributed by atoms with Gasteiger partial charge in [-0.05, 0) is 19.8 Å². The van der Waals surface area contributed by atoms with Crippen LogP contribution in [0.4, 0.5) is 4.79 Å². The lowest BCUT2D eigenvalue weighted by molar-refractivity contribution is -0.126. The summed E-state index contributed by atoms with van der Waals surface area (Å²) >= 11 is 0. The third-order valence-electron chi connectivity index (χ3n) is 3.28. The molecule has 1 heterocycles. The zero-order valence-corrected chi connectivity index (χ0v) is 10.3. The van der Waals surface area contributed by atoms with E-state index in [1.807, 2.05) is 27.7 Å². The monoisotopic (exact) mass is 228 g/mol. The van der Waals surface area contributed by atoms with Crippen molar-refractivity contribution in [3.8, 4) is 0 Å². The van der Waals surface area contributed by atoms with Crippen molar-refractivity contribution in [1.29, 1.82) is 0 Å². The molecule has 0 atom stereocenters. The van der Waals surface area contributed by atoms with Crippen molar-refractivity contribution >= 4 is 12.0 Å². The Kier molecular flexibility index (Phi) is 3.45. The molecular formula is C11H20N2O3. The van der Waals surface area contributed by atoms with Gasteiger partial charge in [-0.3, -0.25) is 4.79 Å². The van der Waals surface area contributed by atoms with Crippen LogP contribution in [0.25, 0.3) is 0 Å². The molecule has 1 fully saturated rings. The van der Waals surface area contributed by atoms with E-state index in [-0.39, 0.29) is 23.8 Å². The molecule has 0 unspecified atom stereocenters. The van der Waals surface area contributed by atoms with Crippen LogP contribution in [-0.2, 0) is 9.53 Å². The van der Waals surface area contributed by atoms with Crippen LogP contribution in [0.15, 0.2) is 0 Å². The Morgan fingerprint density at radius 2 is 1.88 bits per heavy atom. The van der Waals surface area contributed by atoms with Crippen molar-refractivity contribution in [2.75, 3.05) is 13.1 Å². The van der Waals surface area contributed by atoms with Crippen LogP contribution in [0.2, 0.25) is 0 Å². The highest BCUT2D eigenvalue weighted by molar-refractivity contribution is 5.81. The summed E-state index contributed by atoms with van der Waals surface area (Å²) in [6.45, 7) is 8.50. The Bertz CT molecular complexity index is 294. The van der Waals surface area contributed by atoms with Crippen molar-refractivity contribution < 1.29 is 14.3 Å². The van der Waals surface area contributed by atoms with Crippen molar-refractivity contribution in [2.24, 2.45) is 17.6 Å². The van der Waals surface area contributed by atoms with Gasteiger partial charge in [0.25, 0.3) is 0 Å².